The summed E-state index contributed by atoms with van der Waals surface area (Å²) in [5, 5.41) is 10.6. The van der Waals surface area contributed by atoms with Crippen LogP contribution in [0.3, 0.4) is 0 Å². The van der Waals surface area contributed by atoms with Gasteiger partial charge >= 0.3 is 39.5 Å². The van der Waals surface area contributed by atoms with E-state index in [4.69, 9.17) is 37.0 Å². The second-order valence-corrected chi connectivity index (χ2v) is 31.7. The molecule has 0 spiro atoms. The van der Waals surface area contributed by atoms with Gasteiger partial charge in [0, 0.05) is 25.7 Å². The average Bonchev–Trinajstić information content (AvgIpc) is 1.51. The van der Waals surface area contributed by atoms with Crippen molar-refractivity contribution in [3.63, 3.8) is 0 Å². The van der Waals surface area contributed by atoms with Crippen molar-refractivity contribution < 1.29 is 80.2 Å². The smallest absolute Gasteiger partial charge is 0.462 e. The summed E-state index contributed by atoms with van der Waals surface area (Å²) in [6.45, 7) is 9.61. The molecule has 17 nitrogen and oxygen atoms in total. The predicted molar refractivity (Wildman–Crippen MR) is 404 cm³/mol. The van der Waals surface area contributed by atoms with Crippen molar-refractivity contribution in [1.29, 1.82) is 0 Å². The number of esters is 4. The molecule has 0 radical (unpaired) electrons. The SMILES string of the molecule is CCCCCC/C=C\C=C/CCCCCCCC(=O)OC[C@H](COP(=O)(O)OC[C@@H](O)COP(=O)(O)OC[C@@H](COC(=O)CCCCCCCCCCCCCC)OC(=O)CCCCCCCCCCCCC(C)CC)OC(=O)CCCCCCCCCCCCCCCCCC(C)C. The maximum atomic E-state index is 13.1. The molecule has 0 aliphatic carbocycles. The van der Waals surface area contributed by atoms with E-state index in [0.29, 0.717) is 25.7 Å². The first-order valence-corrected chi connectivity index (χ1v) is 43.8. The Kier molecular flexibility index (Phi) is 69.4. The van der Waals surface area contributed by atoms with E-state index in [9.17, 15) is 43.2 Å². The number of carbonyl (C=O) groups is 4. The zero-order valence-electron chi connectivity index (χ0n) is 64.3. The van der Waals surface area contributed by atoms with Gasteiger partial charge in [0.1, 0.15) is 19.3 Å². The molecule has 0 heterocycles. The molecule has 0 aliphatic heterocycles. The van der Waals surface area contributed by atoms with Gasteiger partial charge in [-0.15, -0.1) is 0 Å². The summed E-state index contributed by atoms with van der Waals surface area (Å²) in [7, 11) is -9.93. The topological polar surface area (TPSA) is 237 Å². The lowest BCUT2D eigenvalue weighted by Gasteiger charge is -2.21. The molecule has 0 bridgehead atoms. The number of aliphatic hydroxyl groups excluding tert-OH is 1. The van der Waals surface area contributed by atoms with E-state index in [1.807, 2.05) is 0 Å². The lowest BCUT2D eigenvalue weighted by Crippen LogP contribution is -2.30. The molecule has 0 aromatic heterocycles. The number of hydrogen-bond donors (Lipinski definition) is 3. The fourth-order valence-corrected chi connectivity index (χ4v) is 13.4. The Labute approximate surface area is 605 Å². The van der Waals surface area contributed by atoms with E-state index in [1.54, 1.807) is 0 Å². The first kappa shape index (κ1) is 96.5. The maximum Gasteiger partial charge on any atom is 0.472 e. The van der Waals surface area contributed by atoms with Gasteiger partial charge in [0.15, 0.2) is 12.2 Å². The molecule has 0 aromatic carbocycles. The fraction of sp³-hybridized carbons (Fsp3) is 0.900. The highest BCUT2D eigenvalue weighted by Crippen LogP contribution is 2.45. The molecule has 3 unspecified atom stereocenters. The second-order valence-electron chi connectivity index (χ2n) is 28.8. The average molecular weight is 1450 g/mol. The third-order valence-electron chi connectivity index (χ3n) is 18.4. The normalized spacial score (nSPS) is 14.4. The number of rotatable bonds is 77. The predicted octanol–water partition coefficient (Wildman–Crippen LogP) is 23.4. The minimum Gasteiger partial charge on any atom is -0.462 e. The number of phosphoric ester groups is 2. The number of phosphoric acid groups is 2. The third kappa shape index (κ3) is 72.3. The minimum absolute atomic E-state index is 0.101. The van der Waals surface area contributed by atoms with Crippen molar-refractivity contribution in [2.24, 2.45) is 11.8 Å². The summed E-state index contributed by atoms with van der Waals surface area (Å²) in [6.07, 6.45) is 63.0. The van der Waals surface area contributed by atoms with Crippen molar-refractivity contribution in [1.82, 2.24) is 0 Å². The summed E-state index contributed by atoms with van der Waals surface area (Å²) < 4.78 is 68.7. The molecule has 0 aliphatic rings. The third-order valence-corrected chi connectivity index (χ3v) is 20.3. The highest BCUT2D eigenvalue weighted by molar-refractivity contribution is 7.47. The second kappa shape index (κ2) is 71.2. The van der Waals surface area contributed by atoms with Crippen molar-refractivity contribution in [3.8, 4) is 0 Å². The monoisotopic (exact) mass is 1450 g/mol. The molecular formula is C80H152O17P2. The van der Waals surface area contributed by atoms with Gasteiger partial charge in [-0.25, -0.2) is 9.13 Å². The Bertz CT molecular complexity index is 2000. The maximum absolute atomic E-state index is 13.1. The fourth-order valence-electron chi connectivity index (χ4n) is 11.8. The Balaban J connectivity index is 5.30. The van der Waals surface area contributed by atoms with Gasteiger partial charge in [-0.3, -0.25) is 37.3 Å². The van der Waals surface area contributed by atoms with Gasteiger partial charge in [-0.2, -0.15) is 0 Å². The molecule has 0 fully saturated rings. The molecular weight excluding hydrogens is 1290 g/mol. The van der Waals surface area contributed by atoms with E-state index in [0.717, 1.165) is 121 Å². The van der Waals surface area contributed by atoms with Crippen molar-refractivity contribution in [2.45, 2.75) is 413 Å². The summed E-state index contributed by atoms with van der Waals surface area (Å²) in [6, 6.07) is 0. The van der Waals surface area contributed by atoms with Gasteiger partial charge in [0.05, 0.1) is 26.4 Å². The Morgan fingerprint density at radius 2 is 0.596 bits per heavy atom. The summed E-state index contributed by atoms with van der Waals surface area (Å²) in [5.74, 6) is -0.537. The van der Waals surface area contributed by atoms with E-state index in [-0.39, 0.29) is 25.7 Å². The van der Waals surface area contributed by atoms with Crippen molar-refractivity contribution in [2.75, 3.05) is 39.6 Å². The zero-order valence-corrected chi connectivity index (χ0v) is 66.1. The molecule has 99 heavy (non-hydrogen) atoms. The van der Waals surface area contributed by atoms with E-state index >= 15 is 0 Å². The molecule has 0 saturated carbocycles. The van der Waals surface area contributed by atoms with Crippen LogP contribution in [0.15, 0.2) is 24.3 Å². The highest BCUT2D eigenvalue weighted by Gasteiger charge is 2.30. The lowest BCUT2D eigenvalue weighted by molar-refractivity contribution is -0.161. The number of allylic oxidation sites excluding steroid dienone is 4. The van der Waals surface area contributed by atoms with Crippen LogP contribution in [0.4, 0.5) is 0 Å². The number of carbonyl (C=O) groups excluding carboxylic acids is 4. The number of aliphatic hydroxyl groups is 1. The van der Waals surface area contributed by atoms with E-state index in [2.05, 4.69) is 65.8 Å². The molecule has 6 atom stereocenters. The molecule has 0 amide bonds. The van der Waals surface area contributed by atoms with Crippen LogP contribution >= 0.6 is 15.6 Å². The molecule has 19 heteroatoms. The van der Waals surface area contributed by atoms with Crippen LogP contribution in [0.5, 0.6) is 0 Å². The standard InChI is InChI=1S/C80H152O17P2/c1-7-10-12-14-16-18-20-22-24-28-32-39-45-51-57-63-78(83)91-68-75(96-79(84)64-58-52-46-40-33-29-26-23-25-27-30-36-42-48-54-60-72(4)5)70-94-98(86,87)92-66-74(81)67-93-99(88,89)95-71-76(69-90-77(82)62-56-50-44-38-31-21-19-17-15-13-11-8-2)97-80(85)65-59-53-47-41-35-34-37-43-49-55-61-73(6)9-3/h18,20,22,24,72-76,81H,7-17,19,21,23,25-71H2,1-6H3,(H,86,87)(H,88,89)/b20-18-,24-22-/t73?,74-,75-,76-/m1/s1. The van der Waals surface area contributed by atoms with Gasteiger partial charge in [0.25, 0.3) is 0 Å². The molecule has 0 saturated heterocycles. The Hall–Kier alpha value is -2.46. The minimum atomic E-state index is -4.97. The van der Waals surface area contributed by atoms with Crippen molar-refractivity contribution in [3.05, 3.63) is 24.3 Å². The molecule has 0 aromatic rings. The lowest BCUT2D eigenvalue weighted by atomic mass is 9.99. The highest BCUT2D eigenvalue weighted by atomic mass is 31.2. The number of ether oxygens (including phenoxy) is 4. The quantitative estimate of drug-likeness (QED) is 0.0169. The molecule has 584 valence electrons. The van der Waals surface area contributed by atoms with E-state index in [1.165, 1.54) is 193 Å². The first-order chi connectivity index (χ1) is 47.9. The van der Waals surface area contributed by atoms with Crippen LogP contribution in [0.25, 0.3) is 0 Å². The summed E-state index contributed by atoms with van der Waals surface area (Å²) >= 11 is 0. The van der Waals surface area contributed by atoms with Crippen LogP contribution in [0, 0.1) is 11.8 Å². The van der Waals surface area contributed by atoms with Crippen molar-refractivity contribution >= 4 is 39.5 Å². The van der Waals surface area contributed by atoms with E-state index < -0.39 is 97.5 Å². The summed E-state index contributed by atoms with van der Waals surface area (Å²) in [4.78, 5) is 73.0. The largest absolute Gasteiger partial charge is 0.472 e. The first-order valence-electron chi connectivity index (χ1n) is 40.8. The number of hydrogen-bond acceptors (Lipinski definition) is 15. The van der Waals surface area contributed by atoms with Crippen LogP contribution < -0.4 is 0 Å². The Morgan fingerprint density at radius 1 is 0.333 bits per heavy atom. The summed E-state index contributed by atoms with van der Waals surface area (Å²) in [5.41, 5.74) is 0. The molecule has 3 N–H and O–H groups in total. The van der Waals surface area contributed by atoms with Gasteiger partial charge in [-0.05, 0) is 63.2 Å². The Morgan fingerprint density at radius 3 is 0.909 bits per heavy atom. The van der Waals surface area contributed by atoms with Gasteiger partial charge in [-0.1, -0.05) is 342 Å². The van der Waals surface area contributed by atoms with Crippen LogP contribution in [-0.4, -0.2) is 96.7 Å². The van der Waals surface area contributed by atoms with Gasteiger partial charge in [0.2, 0.25) is 0 Å². The zero-order chi connectivity index (χ0) is 72.8. The van der Waals surface area contributed by atoms with Crippen LogP contribution in [0.1, 0.15) is 395 Å². The molecule has 0 rings (SSSR count). The van der Waals surface area contributed by atoms with Crippen LogP contribution in [-0.2, 0) is 65.4 Å². The van der Waals surface area contributed by atoms with Crippen LogP contribution in [0.2, 0.25) is 0 Å². The van der Waals surface area contributed by atoms with Gasteiger partial charge < -0.3 is 33.8 Å². The number of unbranched alkanes of at least 4 members (excludes halogenated alkanes) is 43.